The summed E-state index contributed by atoms with van der Waals surface area (Å²) in [4.78, 5) is 50.1. The summed E-state index contributed by atoms with van der Waals surface area (Å²) < 4.78 is 4.73. The molecule has 0 spiro atoms. The number of fused-ring (bicyclic) bond motifs is 2. The van der Waals surface area contributed by atoms with Crippen LogP contribution >= 0.6 is 0 Å². The summed E-state index contributed by atoms with van der Waals surface area (Å²) in [6.07, 6.45) is 4.22. The molecule has 2 aliphatic heterocycles. The van der Waals surface area contributed by atoms with Gasteiger partial charge in [-0.15, -0.1) is 0 Å². The average Bonchev–Trinajstić information content (AvgIpc) is 3.17. The van der Waals surface area contributed by atoms with Crippen LogP contribution in [0.5, 0.6) is 0 Å². The predicted molar refractivity (Wildman–Crippen MR) is 118 cm³/mol. The molecule has 33 heavy (non-hydrogen) atoms. The lowest BCUT2D eigenvalue weighted by molar-refractivity contribution is -0.309. The van der Waals surface area contributed by atoms with Gasteiger partial charge in [-0.1, -0.05) is 48.6 Å². The molecule has 0 aliphatic carbocycles. The molecule has 3 amide bonds. The lowest BCUT2D eigenvalue weighted by atomic mass is 10.1. The van der Waals surface area contributed by atoms with E-state index in [4.69, 9.17) is 4.74 Å². The van der Waals surface area contributed by atoms with Gasteiger partial charge in [0.2, 0.25) is 11.8 Å². The Kier molecular flexibility index (Phi) is 6.50. The van der Waals surface area contributed by atoms with Gasteiger partial charge in [0.15, 0.2) is 0 Å². The summed E-state index contributed by atoms with van der Waals surface area (Å²) in [6.45, 7) is -0.891. The van der Waals surface area contributed by atoms with Crippen molar-refractivity contribution < 1.29 is 29.0 Å². The first-order chi connectivity index (χ1) is 15.9. The van der Waals surface area contributed by atoms with Gasteiger partial charge in [0.05, 0.1) is 29.9 Å². The Morgan fingerprint density at radius 1 is 1.09 bits per heavy atom. The lowest BCUT2D eigenvalue weighted by Gasteiger charge is -2.25. The number of amides is 3. The van der Waals surface area contributed by atoms with Crippen LogP contribution in [0.25, 0.3) is 12.2 Å². The smallest absolute Gasteiger partial charge is 0.256 e. The van der Waals surface area contributed by atoms with Gasteiger partial charge in [0.25, 0.3) is 5.91 Å². The molecule has 0 radical (unpaired) electrons. The van der Waals surface area contributed by atoms with Crippen LogP contribution in [-0.4, -0.2) is 60.4 Å². The maximum atomic E-state index is 13.3. The van der Waals surface area contributed by atoms with Crippen molar-refractivity contribution in [3.63, 3.8) is 0 Å². The summed E-state index contributed by atoms with van der Waals surface area (Å²) in [6, 6.07) is 13.5. The van der Waals surface area contributed by atoms with Crippen LogP contribution in [0.2, 0.25) is 0 Å². The maximum absolute atomic E-state index is 13.3. The van der Waals surface area contributed by atoms with E-state index in [-0.39, 0.29) is 5.91 Å². The molecular weight excluding hydrogens is 426 g/mol. The van der Waals surface area contributed by atoms with E-state index in [1.807, 2.05) is 48.6 Å². The van der Waals surface area contributed by atoms with Crippen LogP contribution in [0.4, 0.5) is 5.69 Å². The Balaban J connectivity index is 1.49. The van der Waals surface area contributed by atoms with Crippen LogP contribution < -0.4 is 15.7 Å². The zero-order valence-corrected chi connectivity index (χ0v) is 17.7. The third-order valence-corrected chi connectivity index (χ3v) is 5.53. The normalized spacial score (nSPS) is 19.6. The van der Waals surface area contributed by atoms with Crippen LogP contribution in [-0.2, 0) is 19.1 Å². The Morgan fingerprint density at radius 2 is 1.85 bits per heavy atom. The number of benzene rings is 2. The molecule has 9 heteroatoms. The monoisotopic (exact) mass is 448 g/mol. The largest absolute Gasteiger partial charge is 0.548 e. The first-order valence-electron chi connectivity index (χ1n) is 10.5. The first kappa shape index (κ1) is 22.2. The summed E-state index contributed by atoms with van der Waals surface area (Å²) in [7, 11) is 0. The minimum atomic E-state index is -1.43. The molecule has 2 N–H and O–H groups in total. The minimum absolute atomic E-state index is 0.297. The van der Waals surface area contributed by atoms with Crippen LogP contribution in [0.15, 0.2) is 48.5 Å². The number of carboxylic acid groups (broad SMARTS) is 1. The number of ether oxygens (including phenoxy) is 1. The highest BCUT2D eigenvalue weighted by Crippen LogP contribution is 2.30. The van der Waals surface area contributed by atoms with E-state index in [2.05, 4.69) is 10.6 Å². The fourth-order valence-corrected chi connectivity index (χ4v) is 4.04. The van der Waals surface area contributed by atoms with Crippen molar-refractivity contribution in [3.8, 4) is 0 Å². The third kappa shape index (κ3) is 5.09. The summed E-state index contributed by atoms with van der Waals surface area (Å²) in [5.74, 6) is -2.70. The number of aliphatic carboxylic acids is 1. The molecule has 1 fully saturated rings. The number of nitrogens with zero attached hydrogens (tertiary/aromatic N) is 1. The Bertz CT molecular complexity index is 1110. The molecular formula is C24H22N3O6-. The molecule has 2 heterocycles. The van der Waals surface area contributed by atoms with Crippen molar-refractivity contribution in [3.05, 3.63) is 65.2 Å². The van der Waals surface area contributed by atoms with Gasteiger partial charge >= 0.3 is 0 Å². The highest BCUT2D eigenvalue weighted by Gasteiger charge is 2.45. The average molecular weight is 448 g/mol. The van der Waals surface area contributed by atoms with Crippen molar-refractivity contribution in [2.24, 2.45) is 0 Å². The molecule has 0 aromatic heterocycles. The quantitative estimate of drug-likeness (QED) is 0.586. The maximum Gasteiger partial charge on any atom is 0.256 e. The van der Waals surface area contributed by atoms with Gasteiger partial charge in [-0.25, -0.2) is 0 Å². The summed E-state index contributed by atoms with van der Waals surface area (Å²) >= 11 is 0. The van der Waals surface area contributed by atoms with E-state index in [1.165, 1.54) is 4.90 Å². The van der Waals surface area contributed by atoms with E-state index < -0.39 is 43.1 Å². The highest BCUT2D eigenvalue weighted by molar-refractivity contribution is 6.11. The molecule has 0 unspecified atom stereocenters. The Hall–Kier alpha value is -3.98. The molecule has 2 aromatic carbocycles. The SMILES string of the molecule is O=C([O-])COCC(=O)N[C@H]1CCN2C(=O)c3cc(/C=C/c4ccccc4)ccc3NC(=O)[C@H]12. The second-order valence-corrected chi connectivity index (χ2v) is 7.81. The van der Waals surface area contributed by atoms with Gasteiger partial charge in [-0.2, -0.15) is 0 Å². The van der Waals surface area contributed by atoms with Crippen molar-refractivity contribution in [2.75, 3.05) is 25.1 Å². The fourth-order valence-electron chi connectivity index (χ4n) is 4.04. The second-order valence-electron chi connectivity index (χ2n) is 7.81. The van der Waals surface area contributed by atoms with E-state index in [0.29, 0.717) is 24.2 Å². The summed E-state index contributed by atoms with van der Waals surface area (Å²) in [5, 5.41) is 15.9. The van der Waals surface area contributed by atoms with Crippen LogP contribution in [0, 0.1) is 0 Å². The first-order valence-corrected chi connectivity index (χ1v) is 10.5. The molecule has 0 bridgehead atoms. The molecule has 1 saturated heterocycles. The van der Waals surface area contributed by atoms with Gasteiger partial charge in [0.1, 0.15) is 12.6 Å². The molecule has 2 aliphatic rings. The third-order valence-electron chi connectivity index (χ3n) is 5.53. The molecule has 2 atom stereocenters. The number of rotatable bonds is 7. The lowest BCUT2D eigenvalue weighted by Crippen LogP contribution is -2.52. The van der Waals surface area contributed by atoms with Crippen molar-refractivity contribution in [1.82, 2.24) is 10.2 Å². The standard InChI is InChI=1S/C24H23N3O6/c28-20(13-33-14-21(29)30)25-19-10-11-27-22(19)23(31)26-18-9-8-16(12-17(18)24(27)32)7-6-15-4-2-1-3-5-15/h1-9,12,19,22H,10-11,13-14H2,(H,25,28)(H,26,31)(H,29,30)/p-1/b7-6+/t19-,22-/m0/s1. The summed E-state index contributed by atoms with van der Waals surface area (Å²) in [5.41, 5.74) is 2.63. The number of nitrogens with one attached hydrogen (secondary N) is 2. The number of anilines is 1. The fraction of sp³-hybridized carbons (Fsp3) is 0.250. The zero-order valence-electron chi connectivity index (χ0n) is 17.7. The topological polar surface area (TPSA) is 128 Å². The van der Waals surface area contributed by atoms with E-state index >= 15 is 0 Å². The predicted octanol–water partition coefficient (Wildman–Crippen LogP) is 0.275. The molecule has 9 nitrogen and oxygen atoms in total. The van der Waals surface area contributed by atoms with Crippen molar-refractivity contribution >= 4 is 41.5 Å². The molecule has 170 valence electrons. The van der Waals surface area contributed by atoms with Crippen molar-refractivity contribution in [1.29, 1.82) is 0 Å². The van der Waals surface area contributed by atoms with E-state index in [9.17, 15) is 24.3 Å². The Labute approximate surface area is 190 Å². The number of hydrogen-bond donors (Lipinski definition) is 2. The molecule has 4 rings (SSSR count). The van der Waals surface area contributed by atoms with Crippen LogP contribution in [0.1, 0.15) is 27.9 Å². The van der Waals surface area contributed by atoms with Gasteiger partial charge in [-0.3, -0.25) is 14.4 Å². The zero-order chi connectivity index (χ0) is 23.4. The van der Waals surface area contributed by atoms with Gasteiger partial charge in [0, 0.05) is 6.54 Å². The number of carboxylic acids is 1. The van der Waals surface area contributed by atoms with E-state index in [1.54, 1.807) is 12.1 Å². The molecule has 2 aromatic rings. The Morgan fingerprint density at radius 3 is 2.61 bits per heavy atom. The second kappa shape index (κ2) is 9.66. The number of carbonyl (C=O) groups excluding carboxylic acids is 4. The minimum Gasteiger partial charge on any atom is -0.548 e. The van der Waals surface area contributed by atoms with Crippen molar-refractivity contribution in [2.45, 2.75) is 18.5 Å². The number of hydrogen-bond acceptors (Lipinski definition) is 6. The van der Waals surface area contributed by atoms with E-state index in [0.717, 1.165) is 11.1 Å². The van der Waals surface area contributed by atoms with Gasteiger partial charge < -0.3 is 30.2 Å². The van der Waals surface area contributed by atoms with Crippen LogP contribution in [0.3, 0.4) is 0 Å². The molecule has 0 saturated carbocycles. The van der Waals surface area contributed by atoms with Gasteiger partial charge in [-0.05, 0) is 29.7 Å². The number of carbonyl (C=O) groups is 4. The highest BCUT2D eigenvalue weighted by atomic mass is 16.5.